The Bertz CT molecular complexity index is 1610. The molecular formula is C25H28F4N6O4S2. The molecule has 41 heavy (non-hydrogen) atoms. The Kier molecular flexibility index (Phi) is 6.71. The van der Waals surface area contributed by atoms with Gasteiger partial charge < -0.3 is 10.1 Å². The third-order valence-corrected chi connectivity index (χ3v) is 11.5. The van der Waals surface area contributed by atoms with Crippen molar-refractivity contribution >= 4 is 38.7 Å². The Morgan fingerprint density at radius 1 is 1.24 bits per heavy atom. The number of carbonyl (C=O) groups is 1. The molecule has 3 aliphatic carbocycles. The third-order valence-electron chi connectivity index (χ3n) is 8.02. The standard InChI is InChI=1S/C25H28F4N6O4S2/c1-34-20(7-21(33-34)39-2)31-23-32-30-12-35(23)14-3-4-18-15(5-14)22(41(37,38)11-13-8-24(26,27)9-13)19(40-18)6-17(36)16-10-25(16,28)29/h7,12-14,16H,3-6,8-11H2,1-2H3,(H,31,32)/t14-,16-/m0/s1. The summed E-state index contributed by atoms with van der Waals surface area (Å²) < 4.78 is 90.2. The summed E-state index contributed by atoms with van der Waals surface area (Å²) in [6.07, 6.45) is 0.899. The van der Waals surface area contributed by atoms with Gasteiger partial charge in [0.25, 0.3) is 5.92 Å². The number of nitrogens with one attached hydrogen (secondary N) is 1. The van der Waals surface area contributed by atoms with Crippen LogP contribution in [0.15, 0.2) is 17.3 Å². The number of carbonyl (C=O) groups excluding carboxylic acids is 1. The molecule has 1 N–H and O–H groups in total. The molecule has 0 radical (unpaired) electrons. The molecule has 16 heteroatoms. The van der Waals surface area contributed by atoms with Crippen LogP contribution in [0, 0.1) is 11.8 Å². The van der Waals surface area contributed by atoms with Crippen LogP contribution in [0.2, 0.25) is 0 Å². The molecule has 2 atom stereocenters. The number of nitrogens with zero attached hydrogens (tertiary/aromatic N) is 5. The smallest absolute Gasteiger partial charge is 0.258 e. The van der Waals surface area contributed by atoms with E-state index in [1.165, 1.54) is 13.4 Å². The van der Waals surface area contributed by atoms with E-state index in [1.54, 1.807) is 22.4 Å². The van der Waals surface area contributed by atoms with Crippen molar-refractivity contribution in [3.05, 3.63) is 27.7 Å². The summed E-state index contributed by atoms with van der Waals surface area (Å²) in [5, 5.41) is 15.5. The number of aromatic nitrogens is 5. The zero-order chi connectivity index (χ0) is 29.3. The molecule has 0 bridgehead atoms. The fraction of sp³-hybridized carbons (Fsp3) is 0.600. The second-order valence-corrected chi connectivity index (χ2v) is 14.3. The van der Waals surface area contributed by atoms with Gasteiger partial charge in [0, 0.05) is 54.6 Å². The molecule has 3 aliphatic rings. The van der Waals surface area contributed by atoms with Crippen molar-refractivity contribution in [3.63, 3.8) is 0 Å². The first-order valence-electron chi connectivity index (χ1n) is 13.2. The molecule has 2 fully saturated rings. The van der Waals surface area contributed by atoms with Crippen LogP contribution in [-0.2, 0) is 40.9 Å². The van der Waals surface area contributed by atoms with E-state index in [1.807, 2.05) is 0 Å². The number of thiophene rings is 1. The summed E-state index contributed by atoms with van der Waals surface area (Å²) in [5.74, 6) is -7.86. The summed E-state index contributed by atoms with van der Waals surface area (Å²) in [7, 11) is -0.863. The Balaban J connectivity index is 1.30. The van der Waals surface area contributed by atoms with Crippen molar-refractivity contribution in [2.45, 2.75) is 67.7 Å². The first-order valence-corrected chi connectivity index (χ1v) is 15.6. The maximum absolute atomic E-state index is 13.7. The number of sulfone groups is 1. The highest BCUT2D eigenvalue weighted by Crippen LogP contribution is 2.51. The number of aryl methyl sites for hydroxylation is 2. The molecule has 10 nitrogen and oxygen atoms in total. The van der Waals surface area contributed by atoms with Gasteiger partial charge in [-0.1, -0.05) is 0 Å². The predicted molar refractivity (Wildman–Crippen MR) is 140 cm³/mol. The topological polar surface area (TPSA) is 121 Å². The van der Waals surface area contributed by atoms with E-state index in [-0.39, 0.29) is 22.2 Å². The minimum absolute atomic E-state index is 0.0475. The number of rotatable bonds is 10. The van der Waals surface area contributed by atoms with Crippen LogP contribution in [0.5, 0.6) is 5.88 Å². The number of anilines is 2. The largest absolute Gasteiger partial charge is 0.480 e. The number of methoxy groups -OCH3 is 1. The Labute approximate surface area is 237 Å². The van der Waals surface area contributed by atoms with Crippen molar-refractivity contribution in [1.82, 2.24) is 24.5 Å². The van der Waals surface area contributed by atoms with Gasteiger partial charge in [0.1, 0.15) is 17.9 Å². The number of halogens is 4. The Morgan fingerprint density at radius 2 is 1.98 bits per heavy atom. The zero-order valence-corrected chi connectivity index (χ0v) is 23.9. The van der Waals surface area contributed by atoms with E-state index in [4.69, 9.17) is 4.74 Å². The molecule has 0 amide bonds. The number of ketones is 1. The van der Waals surface area contributed by atoms with Crippen molar-refractivity contribution in [2.24, 2.45) is 18.9 Å². The van der Waals surface area contributed by atoms with E-state index in [0.29, 0.717) is 36.1 Å². The highest BCUT2D eigenvalue weighted by molar-refractivity contribution is 7.91. The summed E-state index contributed by atoms with van der Waals surface area (Å²) in [4.78, 5) is 13.6. The van der Waals surface area contributed by atoms with Crippen LogP contribution >= 0.6 is 11.3 Å². The van der Waals surface area contributed by atoms with E-state index >= 15 is 0 Å². The van der Waals surface area contributed by atoms with Gasteiger partial charge in [-0.2, -0.15) is 0 Å². The van der Waals surface area contributed by atoms with Crippen LogP contribution < -0.4 is 10.1 Å². The number of ether oxygens (including phenoxy) is 1. The Hall–Kier alpha value is -3.01. The van der Waals surface area contributed by atoms with Gasteiger partial charge in [0.2, 0.25) is 17.8 Å². The number of hydrogen-bond acceptors (Lipinski definition) is 9. The number of hydrogen-bond donors (Lipinski definition) is 1. The first kappa shape index (κ1) is 28.1. The minimum Gasteiger partial charge on any atom is -0.480 e. The second-order valence-electron chi connectivity index (χ2n) is 11.1. The number of fused-ring (bicyclic) bond motifs is 1. The average Bonchev–Trinajstić information content (AvgIpc) is 3.24. The van der Waals surface area contributed by atoms with Gasteiger partial charge in [-0.3, -0.25) is 9.36 Å². The second kappa shape index (κ2) is 9.78. The van der Waals surface area contributed by atoms with E-state index in [2.05, 4.69) is 20.6 Å². The Morgan fingerprint density at radius 3 is 2.61 bits per heavy atom. The van der Waals surface area contributed by atoms with Gasteiger partial charge >= 0.3 is 0 Å². The fourth-order valence-corrected chi connectivity index (χ4v) is 9.67. The maximum atomic E-state index is 13.7. The molecule has 0 aromatic carbocycles. The number of Topliss-reactive ketones (excluding diaryl/α,β-unsaturated/α-hetero) is 1. The highest BCUT2D eigenvalue weighted by atomic mass is 32.2. The highest BCUT2D eigenvalue weighted by Gasteiger charge is 2.60. The molecule has 3 heterocycles. The molecule has 3 aromatic heterocycles. The monoisotopic (exact) mass is 616 g/mol. The molecule has 3 aromatic rings. The van der Waals surface area contributed by atoms with Crippen LogP contribution in [0.4, 0.5) is 29.3 Å². The van der Waals surface area contributed by atoms with Gasteiger partial charge in [0.05, 0.1) is 23.7 Å². The molecule has 0 aliphatic heterocycles. The van der Waals surface area contributed by atoms with Gasteiger partial charge in [0.15, 0.2) is 9.84 Å². The van der Waals surface area contributed by atoms with Gasteiger partial charge in [-0.05, 0) is 30.7 Å². The fourth-order valence-electron chi connectivity index (χ4n) is 5.82. The predicted octanol–water partition coefficient (Wildman–Crippen LogP) is 4.14. The van der Waals surface area contributed by atoms with Crippen LogP contribution in [-0.4, -0.2) is 63.5 Å². The molecule has 2 saturated carbocycles. The van der Waals surface area contributed by atoms with Crippen LogP contribution in [0.3, 0.4) is 0 Å². The average molecular weight is 617 g/mol. The van der Waals surface area contributed by atoms with Gasteiger partial charge in [-0.15, -0.1) is 26.6 Å². The molecule has 0 saturated heterocycles. The maximum Gasteiger partial charge on any atom is 0.258 e. The van der Waals surface area contributed by atoms with Crippen molar-refractivity contribution in [3.8, 4) is 5.88 Å². The lowest BCUT2D eigenvalue weighted by molar-refractivity contribution is -0.121. The first-order chi connectivity index (χ1) is 19.3. The van der Waals surface area contributed by atoms with Crippen molar-refractivity contribution in [1.29, 1.82) is 0 Å². The van der Waals surface area contributed by atoms with Crippen molar-refractivity contribution in [2.75, 3.05) is 18.2 Å². The summed E-state index contributed by atoms with van der Waals surface area (Å²) in [6.45, 7) is 0. The SMILES string of the molecule is COc1cc(Nc2nncn2[C@H]2CCc3sc(CC(=O)[C@@H]4CC4(F)F)c(S(=O)(=O)CC4CC(F)(F)C4)c3C2)n(C)n1. The molecule has 0 spiro atoms. The van der Waals surface area contributed by atoms with E-state index in [0.717, 1.165) is 16.2 Å². The lowest BCUT2D eigenvalue weighted by Gasteiger charge is -2.34. The minimum atomic E-state index is -4.08. The summed E-state index contributed by atoms with van der Waals surface area (Å²) in [6, 6.07) is 1.42. The van der Waals surface area contributed by atoms with Crippen LogP contribution in [0.1, 0.15) is 47.0 Å². The summed E-state index contributed by atoms with van der Waals surface area (Å²) in [5.41, 5.74) is 0.518. The quantitative estimate of drug-likeness (QED) is 0.338. The zero-order valence-electron chi connectivity index (χ0n) is 22.2. The molecule has 0 unspecified atom stereocenters. The third kappa shape index (κ3) is 5.35. The van der Waals surface area contributed by atoms with Crippen molar-refractivity contribution < 1.29 is 35.5 Å². The van der Waals surface area contributed by atoms with E-state index < -0.39 is 70.7 Å². The van der Waals surface area contributed by atoms with Gasteiger partial charge in [-0.25, -0.2) is 30.7 Å². The van der Waals surface area contributed by atoms with E-state index in [9.17, 15) is 30.8 Å². The van der Waals surface area contributed by atoms with Crippen LogP contribution in [0.25, 0.3) is 0 Å². The molecule has 6 rings (SSSR count). The lowest BCUT2D eigenvalue weighted by Crippen LogP contribution is -2.39. The number of alkyl halides is 4. The molecule has 222 valence electrons. The molecular weight excluding hydrogens is 588 g/mol. The lowest BCUT2D eigenvalue weighted by atomic mass is 9.83. The normalized spacial score (nSPS) is 23.1. The summed E-state index contributed by atoms with van der Waals surface area (Å²) >= 11 is 1.15.